The van der Waals surface area contributed by atoms with Crippen molar-refractivity contribution in [1.82, 2.24) is 0 Å². The monoisotopic (exact) mass is 372 g/mol. The van der Waals surface area contributed by atoms with Crippen LogP contribution in [-0.4, -0.2) is 58.4 Å². The number of phenols is 1. The van der Waals surface area contributed by atoms with Gasteiger partial charge in [0.15, 0.2) is 23.4 Å². The van der Waals surface area contributed by atoms with Crippen molar-refractivity contribution in [2.75, 3.05) is 20.1 Å². The second kappa shape index (κ2) is 5.06. The summed E-state index contributed by atoms with van der Waals surface area (Å²) in [5.41, 5.74) is 0.492. The predicted molar refractivity (Wildman–Crippen MR) is 101 cm³/mol. The lowest BCUT2D eigenvalue weighted by Crippen LogP contribution is -2.80. The molecule has 5 heteroatoms. The van der Waals surface area contributed by atoms with Crippen LogP contribution in [0.3, 0.4) is 0 Å². The molecule has 0 radical (unpaired) electrons. The highest BCUT2D eigenvalue weighted by atomic mass is 16.5. The molecule has 1 spiro atoms. The molecule has 0 aromatic heterocycles. The highest BCUT2D eigenvalue weighted by molar-refractivity contribution is 5.90. The SMILES string of the molecule is C.C[N+]1(CC2CC2)CC[C@]23c4c5ccc(O)c4O[C@H]2C(=O)CC[C@@]3(O)[C@H]1C5. The van der Waals surface area contributed by atoms with E-state index in [2.05, 4.69) is 7.05 Å². The van der Waals surface area contributed by atoms with Crippen LogP contribution in [0.4, 0.5) is 0 Å². The number of likely N-dealkylation sites (tertiary alicyclic amines) is 1. The molecule has 1 unspecified atom stereocenters. The van der Waals surface area contributed by atoms with Gasteiger partial charge >= 0.3 is 0 Å². The van der Waals surface area contributed by atoms with Crippen molar-refractivity contribution >= 4 is 5.78 Å². The summed E-state index contributed by atoms with van der Waals surface area (Å²) in [5.74, 6) is 1.42. The number of hydrogen-bond donors (Lipinski definition) is 2. The first-order valence-corrected chi connectivity index (χ1v) is 10.0. The van der Waals surface area contributed by atoms with Crippen LogP contribution >= 0.6 is 0 Å². The number of hydrogen-bond acceptors (Lipinski definition) is 4. The largest absolute Gasteiger partial charge is 0.504 e. The highest BCUT2D eigenvalue weighted by Gasteiger charge is 2.76. The van der Waals surface area contributed by atoms with Crippen LogP contribution in [0.1, 0.15) is 50.7 Å². The molecular formula is C22H30NO4+. The van der Waals surface area contributed by atoms with Gasteiger partial charge in [0, 0.05) is 30.7 Å². The maximum atomic E-state index is 12.8. The Labute approximate surface area is 160 Å². The van der Waals surface area contributed by atoms with Gasteiger partial charge in [-0.15, -0.1) is 0 Å². The van der Waals surface area contributed by atoms with Gasteiger partial charge < -0.3 is 19.4 Å². The standard InChI is InChI=1S/C21H25NO4.CH4/c1-22(11-12-2-3-12)9-8-20-17-13-4-5-14(23)18(17)26-19(20)15(24)6-7-21(20,25)16(22)10-13;/h4-5,12,16,19,25H,2-3,6-11H2,1H3;1H4/p+1/t16-,19+,20+,21-,22?;/m1./s1. The molecule has 5 nitrogen and oxygen atoms in total. The average Bonchev–Trinajstić information content (AvgIpc) is 3.32. The zero-order valence-corrected chi connectivity index (χ0v) is 15.2. The number of rotatable bonds is 2. The number of ketones is 1. The van der Waals surface area contributed by atoms with Gasteiger partial charge in [0.25, 0.3) is 0 Å². The van der Waals surface area contributed by atoms with Crippen molar-refractivity contribution < 1.29 is 24.2 Å². The van der Waals surface area contributed by atoms with E-state index in [1.54, 1.807) is 6.07 Å². The number of carbonyl (C=O) groups is 1. The van der Waals surface area contributed by atoms with E-state index < -0.39 is 17.1 Å². The van der Waals surface area contributed by atoms with E-state index in [1.807, 2.05) is 6.07 Å². The maximum absolute atomic E-state index is 12.8. The quantitative estimate of drug-likeness (QED) is 0.782. The molecule has 27 heavy (non-hydrogen) atoms. The number of benzene rings is 1. The van der Waals surface area contributed by atoms with E-state index in [1.165, 1.54) is 12.8 Å². The van der Waals surface area contributed by atoms with E-state index in [0.29, 0.717) is 18.6 Å². The fourth-order valence-corrected chi connectivity index (χ4v) is 6.94. The maximum Gasteiger partial charge on any atom is 0.174 e. The van der Waals surface area contributed by atoms with Gasteiger partial charge in [0.1, 0.15) is 11.6 Å². The smallest absolute Gasteiger partial charge is 0.174 e. The summed E-state index contributed by atoms with van der Waals surface area (Å²) in [6.45, 7) is 2.09. The van der Waals surface area contributed by atoms with Crippen molar-refractivity contribution in [1.29, 1.82) is 0 Å². The van der Waals surface area contributed by atoms with Crippen molar-refractivity contribution in [3.8, 4) is 11.5 Å². The van der Waals surface area contributed by atoms with Crippen LogP contribution in [0.15, 0.2) is 12.1 Å². The molecule has 6 rings (SSSR count). The van der Waals surface area contributed by atoms with Crippen molar-refractivity contribution in [3.05, 3.63) is 23.3 Å². The van der Waals surface area contributed by atoms with Gasteiger partial charge in [-0.25, -0.2) is 0 Å². The molecule has 2 N–H and O–H groups in total. The second-order valence-corrected chi connectivity index (χ2v) is 9.61. The summed E-state index contributed by atoms with van der Waals surface area (Å²) in [6.07, 6.45) is 4.42. The molecule has 3 fully saturated rings. The molecule has 146 valence electrons. The molecule has 1 saturated heterocycles. The van der Waals surface area contributed by atoms with Gasteiger partial charge in [0.2, 0.25) is 0 Å². The molecule has 2 heterocycles. The number of phenolic OH excluding ortho intramolecular Hbond substituents is 1. The summed E-state index contributed by atoms with van der Waals surface area (Å²) in [4.78, 5) is 12.8. The Kier molecular flexibility index (Phi) is 3.28. The predicted octanol–water partition coefficient (Wildman–Crippen LogP) is 2.31. The lowest BCUT2D eigenvalue weighted by atomic mass is 9.48. The average molecular weight is 372 g/mol. The minimum absolute atomic E-state index is 0. The molecule has 1 aromatic carbocycles. The number of aromatic hydroxyl groups is 1. The van der Waals surface area contributed by atoms with E-state index in [-0.39, 0.29) is 25.0 Å². The van der Waals surface area contributed by atoms with Gasteiger partial charge in [-0.3, -0.25) is 4.79 Å². The van der Waals surface area contributed by atoms with Crippen LogP contribution in [0.25, 0.3) is 0 Å². The van der Waals surface area contributed by atoms with Crippen molar-refractivity contribution in [2.45, 2.75) is 69.1 Å². The Balaban J connectivity index is 0.00000160. The first-order valence-electron chi connectivity index (χ1n) is 10.0. The zero-order valence-electron chi connectivity index (χ0n) is 15.2. The topological polar surface area (TPSA) is 66.8 Å². The number of aliphatic hydroxyl groups is 1. The highest BCUT2D eigenvalue weighted by Crippen LogP contribution is 2.65. The Hall–Kier alpha value is -1.59. The zero-order chi connectivity index (χ0) is 17.9. The summed E-state index contributed by atoms with van der Waals surface area (Å²) < 4.78 is 6.98. The fourth-order valence-electron chi connectivity index (χ4n) is 6.94. The number of piperidine rings is 1. The third-order valence-corrected chi connectivity index (χ3v) is 8.28. The van der Waals surface area contributed by atoms with Gasteiger partial charge in [-0.05, 0) is 30.9 Å². The molecule has 2 aliphatic heterocycles. The molecule has 2 bridgehead atoms. The van der Waals surface area contributed by atoms with Crippen LogP contribution in [0.2, 0.25) is 0 Å². The molecule has 1 aromatic rings. The first kappa shape index (κ1) is 17.5. The molecule has 5 atom stereocenters. The summed E-state index contributed by atoms with van der Waals surface area (Å²) in [5, 5.41) is 22.5. The van der Waals surface area contributed by atoms with Crippen LogP contribution < -0.4 is 4.74 Å². The first-order chi connectivity index (χ1) is 12.4. The van der Waals surface area contributed by atoms with E-state index >= 15 is 0 Å². The van der Waals surface area contributed by atoms with E-state index in [9.17, 15) is 15.0 Å². The number of ether oxygens (including phenoxy) is 1. The molecular weight excluding hydrogens is 342 g/mol. The van der Waals surface area contributed by atoms with Crippen LogP contribution in [0, 0.1) is 5.92 Å². The summed E-state index contributed by atoms with van der Waals surface area (Å²) >= 11 is 0. The van der Waals surface area contributed by atoms with Gasteiger partial charge in [0.05, 0.1) is 25.6 Å². The van der Waals surface area contributed by atoms with E-state index in [0.717, 1.165) is 47.5 Å². The molecule has 3 aliphatic carbocycles. The normalized spacial score (nSPS) is 43.6. The minimum Gasteiger partial charge on any atom is -0.504 e. The number of likely N-dealkylation sites (N-methyl/N-ethyl adjacent to an activating group) is 1. The van der Waals surface area contributed by atoms with Crippen molar-refractivity contribution in [2.24, 2.45) is 5.92 Å². The lowest BCUT2D eigenvalue weighted by molar-refractivity contribution is -0.950. The van der Waals surface area contributed by atoms with Gasteiger partial charge in [-0.1, -0.05) is 13.5 Å². The fraction of sp³-hybridized carbons (Fsp3) is 0.682. The number of nitrogens with zero attached hydrogens (tertiary/aromatic N) is 1. The lowest BCUT2D eigenvalue weighted by Gasteiger charge is -2.64. The number of quaternary nitrogens is 1. The van der Waals surface area contributed by atoms with E-state index in [4.69, 9.17) is 4.74 Å². The molecule has 5 aliphatic rings. The Bertz CT molecular complexity index is 849. The Morgan fingerprint density at radius 3 is 2.81 bits per heavy atom. The van der Waals surface area contributed by atoms with Crippen LogP contribution in [0.5, 0.6) is 11.5 Å². The summed E-state index contributed by atoms with van der Waals surface area (Å²) in [6, 6.07) is 3.77. The molecule has 2 saturated carbocycles. The Morgan fingerprint density at radius 2 is 2.07 bits per heavy atom. The van der Waals surface area contributed by atoms with Gasteiger partial charge in [-0.2, -0.15) is 0 Å². The third kappa shape index (κ3) is 1.85. The molecule has 0 amide bonds. The van der Waals surface area contributed by atoms with Crippen molar-refractivity contribution in [3.63, 3.8) is 0 Å². The number of carbonyl (C=O) groups excluding carboxylic acids is 1. The third-order valence-electron chi connectivity index (χ3n) is 8.28. The minimum atomic E-state index is -0.931. The summed E-state index contributed by atoms with van der Waals surface area (Å²) in [7, 11) is 2.31. The Morgan fingerprint density at radius 1 is 1.30 bits per heavy atom. The van der Waals surface area contributed by atoms with Crippen LogP contribution in [-0.2, 0) is 16.6 Å². The number of Topliss-reactive ketones (excluding diaryl/α,β-unsaturated/α-hetero) is 1. The second-order valence-electron chi connectivity index (χ2n) is 9.61.